The van der Waals surface area contributed by atoms with Crippen molar-refractivity contribution in [1.29, 1.82) is 0 Å². The molecular formula is C17H21N5O4. The molecule has 1 aliphatic carbocycles. The molecule has 2 aromatic rings. The van der Waals surface area contributed by atoms with Gasteiger partial charge in [-0.25, -0.2) is 14.8 Å². The van der Waals surface area contributed by atoms with Gasteiger partial charge in [0, 0.05) is 25.2 Å². The number of rotatable bonds is 5. The Morgan fingerprint density at radius 3 is 2.92 bits per heavy atom. The number of aromatic nitrogens is 3. The van der Waals surface area contributed by atoms with E-state index < -0.39 is 18.6 Å². The topological polar surface area (TPSA) is 131 Å². The van der Waals surface area contributed by atoms with Gasteiger partial charge in [-0.05, 0) is 30.7 Å². The molecule has 2 fully saturated rings. The van der Waals surface area contributed by atoms with E-state index in [2.05, 4.69) is 25.2 Å². The molecule has 0 aromatic carbocycles. The monoisotopic (exact) mass is 359 g/mol. The summed E-state index contributed by atoms with van der Waals surface area (Å²) in [6.45, 7) is 0.757. The highest BCUT2D eigenvalue weighted by Crippen LogP contribution is 2.56. The van der Waals surface area contributed by atoms with E-state index in [1.54, 1.807) is 0 Å². The number of amides is 1. The Bertz CT molecular complexity index is 847. The minimum absolute atomic E-state index is 0.144. The standard InChI is InChI=1S/C17H21N5O4/c23-7-12(16(25)26)21-15(24)11-2-6-22(8-17(11)3-4-17)14-10-1-5-18-13(10)19-9-20-14/h1,5,9,11-12,23H,2-4,6-8H2,(H,21,24)(H,25,26)(H,18,19,20)/t11-,12?/m0/s1. The number of nitrogens with zero attached hydrogens (tertiary/aromatic N) is 3. The summed E-state index contributed by atoms with van der Waals surface area (Å²) in [6.07, 6.45) is 5.85. The fraction of sp³-hybridized carbons (Fsp3) is 0.529. The quantitative estimate of drug-likeness (QED) is 0.596. The molecular weight excluding hydrogens is 338 g/mol. The van der Waals surface area contributed by atoms with Crippen molar-refractivity contribution in [2.24, 2.45) is 11.3 Å². The van der Waals surface area contributed by atoms with Crippen LogP contribution in [0.4, 0.5) is 5.82 Å². The van der Waals surface area contributed by atoms with E-state index in [-0.39, 0.29) is 17.2 Å². The number of fused-ring (bicyclic) bond motifs is 1. The second-order valence-electron chi connectivity index (χ2n) is 7.14. The lowest BCUT2D eigenvalue weighted by Gasteiger charge is -2.39. The number of carboxylic acids is 1. The second-order valence-corrected chi connectivity index (χ2v) is 7.14. The SMILES string of the molecule is O=C(O)C(CO)NC(=O)[C@@H]1CCN(c2ncnc3[nH]ccc23)CC12CC2. The van der Waals surface area contributed by atoms with E-state index in [4.69, 9.17) is 10.2 Å². The van der Waals surface area contributed by atoms with Crippen LogP contribution in [0.1, 0.15) is 19.3 Å². The zero-order chi connectivity index (χ0) is 18.3. The molecule has 2 atom stereocenters. The summed E-state index contributed by atoms with van der Waals surface area (Å²) < 4.78 is 0. The molecule has 4 N–H and O–H groups in total. The third kappa shape index (κ3) is 2.78. The number of carbonyl (C=O) groups is 2. The summed E-state index contributed by atoms with van der Waals surface area (Å²) >= 11 is 0. The molecule has 1 unspecified atom stereocenters. The van der Waals surface area contributed by atoms with Crippen LogP contribution in [0.3, 0.4) is 0 Å². The number of nitrogens with one attached hydrogen (secondary N) is 2. The Labute approximate surface area is 149 Å². The van der Waals surface area contributed by atoms with Crippen molar-refractivity contribution < 1.29 is 19.8 Å². The summed E-state index contributed by atoms with van der Waals surface area (Å²) in [4.78, 5) is 37.6. The minimum atomic E-state index is -1.25. The van der Waals surface area contributed by atoms with Crippen LogP contribution in [-0.2, 0) is 9.59 Å². The Hall–Kier alpha value is -2.68. The summed E-state index contributed by atoms with van der Waals surface area (Å²) in [5.74, 6) is -0.882. The number of hydrogen-bond acceptors (Lipinski definition) is 6. The zero-order valence-electron chi connectivity index (χ0n) is 14.2. The van der Waals surface area contributed by atoms with Crippen molar-refractivity contribution in [1.82, 2.24) is 20.3 Å². The summed E-state index contributed by atoms with van der Waals surface area (Å²) in [5, 5.41) is 21.6. The predicted molar refractivity (Wildman–Crippen MR) is 92.5 cm³/mol. The van der Waals surface area contributed by atoms with Gasteiger partial charge in [0.2, 0.25) is 5.91 Å². The van der Waals surface area contributed by atoms with Crippen molar-refractivity contribution in [3.63, 3.8) is 0 Å². The number of aliphatic hydroxyl groups excluding tert-OH is 1. The highest BCUT2D eigenvalue weighted by Gasteiger charge is 2.55. The maximum atomic E-state index is 12.6. The molecule has 3 heterocycles. The van der Waals surface area contributed by atoms with Gasteiger partial charge in [-0.2, -0.15) is 0 Å². The van der Waals surface area contributed by atoms with Gasteiger partial charge in [0.1, 0.15) is 23.8 Å². The number of aliphatic hydroxyl groups is 1. The Morgan fingerprint density at radius 2 is 2.23 bits per heavy atom. The molecule has 4 rings (SSSR count). The van der Waals surface area contributed by atoms with E-state index in [9.17, 15) is 9.59 Å². The number of H-pyrrole nitrogens is 1. The molecule has 138 valence electrons. The first kappa shape index (κ1) is 16.8. The highest BCUT2D eigenvalue weighted by molar-refractivity contribution is 5.88. The molecule has 1 saturated carbocycles. The molecule has 1 amide bonds. The van der Waals surface area contributed by atoms with Crippen LogP contribution in [0.15, 0.2) is 18.6 Å². The van der Waals surface area contributed by atoms with E-state index >= 15 is 0 Å². The normalized spacial score (nSPS) is 22.3. The summed E-state index contributed by atoms with van der Waals surface area (Å²) in [5.41, 5.74) is 0.640. The first-order valence-electron chi connectivity index (χ1n) is 8.71. The fourth-order valence-electron chi connectivity index (χ4n) is 3.99. The molecule has 26 heavy (non-hydrogen) atoms. The lowest BCUT2D eigenvalue weighted by molar-refractivity contribution is -0.144. The van der Waals surface area contributed by atoms with Crippen molar-refractivity contribution in [3.8, 4) is 0 Å². The Morgan fingerprint density at radius 1 is 1.42 bits per heavy atom. The van der Waals surface area contributed by atoms with Gasteiger partial charge in [-0.1, -0.05) is 0 Å². The van der Waals surface area contributed by atoms with Crippen LogP contribution in [0, 0.1) is 11.3 Å². The van der Waals surface area contributed by atoms with Gasteiger partial charge in [-0.15, -0.1) is 0 Å². The van der Waals surface area contributed by atoms with E-state index in [1.807, 2.05) is 12.3 Å². The van der Waals surface area contributed by atoms with Gasteiger partial charge in [0.25, 0.3) is 0 Å². The van der Waals surface area contributed by atoms with Gasteiger partial charge in [0.05, 0.1) is 12.0 Å². The molecule has 0 bridgehead atoms. The molecule has 1 aliphatic heterocycles. The lowest BCUT2D eigenvalue weighted by atomic mass is 9.81. The third-order valence-corrected chi connectivity index (χ3v) is 5.57. The molecule has 9 heteroatoms. The first-order valence-corrected chi connectivity index (χ1v) is 8.71. The maximum Gasteiger partial charge on any atom is 0.328 e. The molecule has 1 spiro atoms. The van der Waals surface area contributed by atoms with Crippen LogP contribution in [0.2, 0.25) is 0 Å². The average Bonchev–Trinajstić information content (AvgIpc) is 3.20. The van der Waals surface area contributed by atoms with E-state index in [1.165, 1.54) is 6.33 Å². The second kappa shape index (κ2) is 6.24. The van der Waals surface area contributed by atoms with Crippen LogP contribution in [0.5, 0.6) is 0 Å². The number of carboxylic acid groups (broad SMARTS) is 1. The number of carbonyl (C=O) groups excluding carboxylic acids is 1. The maximum absolute atomic E-state index is 12.6. The number of hydrogen-bond donors (Lipinski definition) is 4. The predicted octanol–water partition coefficient (Wildman–Crippen LogP) is 0.126. The molecule has 2 aromatic heterocycles. The summed E-state index contributed by atoms with van der Waals surface area (Å²) in [7, 11) is 0. The Balaban J connectivity index is 1.51. The number of anilines is 1. The Kier molecular flexibility index (Phi) is 4.03. The average molecular weight is 359 g/mol. The minimum Gasteiger partial charge on any atom is -0.480 e. The van der Waals surface area contributed by atoms with Gasteiger partial charge in [0.15, 0.2) is 0 Å². The number of aliphatic carboxylic acids is 1. The first-order chi connectivity index (χ1) is 12.5. The van der Waals surface area contributed by atoms with Crippen molar-refractivity contribution >= 4 is 28.7 Å². The van der Waals surface area contributed by atoms with Gasteiger partial charge >= 0.3 is 5.97 Å². The number of piperidine rings is 1. The lowest BCUT2D eigenvalue weighted by Crippen LogP contribution is -2.52. The van der Waals surface area contributed by atoms with Crippen molar-refractivity contribution in [3.05, 3.63) is 18.6 Å². The van der Waals surface area contributed by atoms with Crippen molar-refractivity contribution in [2.45, 2.75) is 25.3 Å². The van der Waals surface area contributed by atoms with Gasteiger partial charge < -0.3 is 25.4 Å². The van der Waals surface area contributed by atoms with Crippen LogP contribution in [0.25, 0.3) is 11.0 Å². The molecule has 1 saturated heterocycles. The van der Waals surface area contributed by atoms with Crippen LogP contribution < -0.4 is 10.2 Å². The fourth-order valence-corrected chi connectivity index (χ4v) is 3.99. The number of aromatic amines is 1. The third-order valence-electron chi connectivity index (χ3n) is 5.57. The highest BCUT2D eigenvalue weighted by atomic mass is 16.4. The molecule has 2 aliphatic rings. The largest absolute Gasteiger partial charge is 0.480 e. The molecule has 9 nitrogen and oxygen atoms in total. The van der Waals surface area contributed by atoms with Crippen molar-refractivity contribution in [2.75, 3.05) is 24.6 Å². The van der Waals surface area contributed by atoms with Crippen LogP contribution >= 0.6 is 0 Å². The van der Waals surface area contributed by atoms with Gasteiger partial charge in [-0.3, -0.25) is 4.79 Å². The van der Waals surface area contributed by atoms with E-state index in [0.29, 0.717) is 19.5 Å². The molecule has 0 radical (unpaired) electrons. The van der Waals surface area contributed by atoms with E-state index in [0.717, 1.165) is 29.7 Å². The van der Waals surface area contributed by atoms with Crippen LogP contribution in [-0.4, -0.2) is 62.8 Å². The zero-order valence-corrected chi connectivity index (χ0v) is 14.2. The smallest absolute Gasteiger partial charge is 0.328 e. The summed E-state index contributed by atoms with van der Waals surface area (Å²) in [6, 6.07) is 0.694.